The minimum Gasteiger partial charge on any atom is -0.423 e. The number of hydrogen-bond acceptors (Lipinski definition) is 3. The van der Waals surface area contributed by atoms with E-state index in [0.29, 0.717) is 11.5 Å². The number of nitrogens with zero attached hydrogens (tertiary/aromatic N) is 1. The van der Waals surface area contributed by atoms with Crippen LogP contribution in [0.4, 0.5) is 4.39 Å². The summed E-state index contributed by atoms with van der Waals surface area (Å²) in [5.41, 5.74) is 4.90. The van der Waals surface area contributed by atoms with E-state index in [2.05, 4.69) is 55.5 Å². The Bertz CT molecular complexity index is 1290. The Kier molecular flexibility index (Phi) is 6.61. The lowest BCUT2D eigenvalue weighted by atomic mass is 9.93. The normalized spacial score (nSPS) is 11.4. The predicted molar refractivity (Wildman–Crippen MR) is 127 cm³/mol. The zero-order valence-electron chi connectivity index (χ0n) is 18.2. The second-order valence-electron chi connectivity index (χ2n) is 7.93. The lowest BCUT2D eigenvalue weighted by Crippen LogP contribution is -2.08. The third-order valence-electron chi connectivity index (χ3n) is 5.59. The van der Waals surface area contributed by atoms with Crippen molar-refractivity contribution < 1.29 is 13.9 Å². The Hall–Kier alpha value is -4.23. The van der Waals surface area contributed by atoms with Crippen molar-refractivity contribution in [3.05, 3.63) is 125 Å². The van der Waals surface area contributed by atoms with Crippen molar-refractivity contribution >= 4 is 5.97 Å². The highest BCUT2D eigenvalue weighted by Gasteiger charge is 2.12. The molecular weight excluding hydrogens is 413 g/mol. The maximum absolute atomic E-state index is 13.7. The van der Waals surface area contributed by atoms with E-state index in [1.807, 2.05) is 18.2 Å². The van der Waals surface area contributed by atoms with Gasteiger partial charge in [-0.1, -0.05) is 73.7 Å². The first-order chi connectivity index (χ1) is 16.0. The van der Waals surface area contributed by atoms with Crippen LogP contribution < -0.4 is 4.74 Å². The first-order valence-corrected chi connectivity index (χ1v) is 10.7. The summed E-state index contributed by atoms with van der Waals surface area (Å²) in [7, 11) is 0. The summed E-state index contributed by atoms with van der Waals surface area (Å²) in [6.45, 7) is 2.23. The van der Waals surface area contributed by atoms with Crippen molar-refractivity contribution in [1.29, 1.82) is 5.26 Å². The summed E-state index contributed by atoms with van der Waals surface area (Å²) in [5.74, 6) is -0.816. The second kappa shape index (κ2) is 9.93. The highest BCUT2D eigenvalue weighted by Crippen LogP contribution is 2.25. The molecule has 0 saturated heterocycles. The fourth-order valence-corrected chi connectivity index (χ4v) is 3.70. The minimum atomic E-state index is -0.722. The van der Waals surface area contributed by atoms with Crippen LogP contribution in [0, 0.1) is 17.1 Å². The standard InChI is InChI=1S/C29H22FNO2/c1-20(22-5-3-2-4-6-22)17-21-7-9-23(10-8-21)24-11-13-25(14-12-24)29(32)33-27-16-15-26(19-31)28(30)18-27/h2-16,18,20H,17H2,1H3. The van der Waals surface area contributed by atoms with Crippen LogP contribution in [0.2, 0.25) is 0 Å². The van der Waals surface area contributed by atoms with Gasteiger partial charge in [-0.15, -0.1) is 0 Å². The molecule has 4 aromatic rings. The first kappa shape index (κ1) is 22.0. The molecule has 0 aromatic heterocycles. The van der Waals surface area contributed by atoms with Gasteiger partial charge in [0.15, 0.2) is 0 Å². The fourth-order valence-electron chi connectivity index (χ4n) is 3.70. The molecule has 0 aliphatic heterocycles. The van der Waals surface area contributed by atoms with Gasteiger partial charge in [0.05, 0.1) is 11.1 Å². The first-order valence-electron chi connectivity index (χ1n) is 10.7. The number of carbonyl (C=O) groups excluding carboxylic acids is 1. The molecule has 0 aliphatic rings. The SMILES string of the molecule is CC(Cc1ccc(-c2ccc(C(=O)Oc3ccc(C#N)c(F)c3)cc2)cc1)c1ccccc1. The van der Waals surface area contributed by atoms with Crippen molar-refractivity contribution in [2.45, 2.75) is 19.3 Å². The van der Waals surface area contributed by atoms with Gasteiger partial charge in [-0.2, -0.15) is 5.26 Å². The molecule has 0 saturated carbocycles. The fraction of sp³-hybridized carbons (Fsp3) is 0.103. The van der Waals surface area contributed by atoms with Gasteiger partial charge in [0.25, 0.3) is 0 Å². The number of carbonyl (C=O) groups is 1. The monoisotopic (exact) mass is 435 g/mol. The number of hydrogen-bond donors (Lipinski definition) is 0. The van der Waals surface area contributed by atoms with Gasteiger partial charge in [0.1, 0.15) is 17.6 Å². The highest BCUT2D eigenvalue weighted by atomic mass is 19.1. The molecular formula is C29H22FNO2. The van der Waals surface area contributed by atoms with Crippen molar-refractivity contribution in [2.24, 2.45) is 0 Å². The van der Waals surface area contributed by atoms with Crippen LogP contribution >= 0.6 is 0 Å². The summed E-state index contributed by atoms with van der Waals surface area (Å²) in [6, 6.07) is 31.4. The largest absolute Gasteiger partial charge is 0.423 e. The zero-order valence-corrected chi connectivity index (χ0v) is 18.2. The van der Waals surface area contributed by atoms with E-state index in [0.717, 1.165) is 23.6 Å². The average Bonchev–Trinajstić information content (AvgIpc) is 2.85. The molecule has 0 bridgehead atoms. The van der Waals surface area contributed by atoms with Crippen LogP contribution in [-0.4, -0.2) is 5.97 Å². The summed E-state index contributed by atoms with van der Waals surface area (Å²) < 4.78 is 18.9. The molecule has 0 radical (unpaired) electrons. The number of esters is 1. The van der Waals surface area contributed by atoms with E-state index >= 15 is 0 Å². The molecule has 4 aromatic carbocycles. The van der Waals surface area contributed by atoms with Crippen LogP contribution in [0.1, 0.15) is 39.9 Å². The lowest BCUT2D eigenvalue weighted by Gasteiger charge is -2.12. The molecule has 0 spiro atoms. The number of nitriles is 1. The molecule has 0 fully saturated rings. The molecule has 0 amide bonds. The van der Waals surface area contributed by atoms with Crippen LogP contribution in [0.15, 0.2) is 97.1 Å². The summed E-state index contributed by atoms with van der Waals surface area (Å²) in [5, 5.41) is 8.79. The Morgan fingerprint density at radius 1 is 0.909 bits per heavy atom. The topological polar surface area (TPSA) is 50.1 Å². The molecule has 33 heavy (non-hydrogen) atoms. The van der Waals surface area contributed by atoms with Crippen LogP contribution in [-0.2, 0) is 6.42 Å². The van der Waals surface area contributed by atoms with Crippen molar-refractivity contribution in [2.75, 3.05) is 0 Å². The summed E-state index contributed by atoms with van der Waals surface area (Å²) >= 11 is 0. The van der Waals surface area contributed by atoms with E-state index in [1.54, 1.807) is 18.2 Å². The molecule has 1 unspecified atom stereocenters. The van der Waals surface area contributed by atoms with E-state index in [9.17, 15) is 9.18 Å². The predicted octanol–water partition coefficient (Wildman–Crippen LogP) is 6.93. The van der Waals surface area contributed by atoms with E-state index in [4.69, 9.17) is 10.00 Å². The summed E-state index contributed by atoms with van der Waals surface area (Å²) in [4.78, 5) is 12.4. The Morgan fingerprint density at radius 3 is 2.15 bits per heavy atom. The van der Waals surface area contributed by atoms with Gasteiger partial charge in [-0.25, -0.2) is 9.18 Å². The third-order valence-corrected chi connectivity index (χ3v) is 5.59. The number of ether oxygens (including phenoxy) is 1. The van der Waals surface area contributed by atoms with E-state index < -0.39 is 11.8 Å². The molecule has 0 aliphatic carbocycles. The molecule has 4 rings (SSSR count). The van der Waals surface area contributed by atoms with Crippen LogP contribution in [0.5, 0.6) is 5.75 Å². The van der Waals surface area contributed by atoms with Crippen molar-refractivity contribution in [1.82, 2.24) is 0 Å². The average molecular weight is 435 g/mol. The second-order valence-corrected chi connectivity index (χ2v) is 7.93. The lowest BCUT2D eigenvalue weighted by molar-refractivity contribution is 0.0734. The molecule has 162 valence electrons. The molecule has 4 heteroatoms. The van der Waals surface area contributed by atoms with Gasteiger partial charge >= 0.3 is 5.97 Å². The Balaban J connectivity index is 1.41. The van der Waals surface area contributed by atoms with Gasteiger partial charge in [0.2, 0.25) is 0 Å². The number of rotatable bonds is 6. The molecule has 0 heterocycles. The van der Waals surface area contributed by atoms with E-state index in [-0.39, 0.29) is 11.3 Å². The minimum absolute atomic E-state index is 0.0564. The maximum Gasteiger partial charge on any atom is 0.343 e. The van der Waals surface area contributed by atoms with Crippen molar-refractivity contribution in [3.63, 3.8) is 0 Å². The number of halogens is 1. The van der Waals surface area contributed by atoms with Gasteiger partial charge < -0.3 is 4.74 Å². The molecule has 3 nitrogen and oxygen atoms in total. The van der Waals surface area contributed by atoms with Crippen molar-refractivity contribution in [3.8, 4) is 22.9 Å². The van der Waals surface area contributed by atoms with Gasteiger partial charge in [0, 0.05) is 6.07 Å². The quantitative estimate of drug-likeness (QED) is 0.244. The summed E-state index contributed by atoms with van der Waals surface area (Å²) in [6.07, 6.45) is 0.963. The van der Waals surface area contributed by atoms with E-state index in [1.165, 1.54) is 23.3 Å². The Labute approximate surface area is 192 Å². The zero-order chi connectivity index (χ0) is 23.2. The number of benzene rings is 4. The third kappa shape index (κ3) is 5.34. The van der Waals surface area contributed by atoms with Gasteiger partial charge in [-0.3, -0.25) is 0 Å². The smallest absolute Gasteiger partial charge is 0.343 e. The Morgan fingerprint density at radius 2 is 1.55 bits per heavy atom. The molecule has 1 atom stereocenters. The molecule has 0 N–H and O–H groups in total. The van der Waals surface area contributed by atoms with Gasteiger partial charge in [-0.05, 0) is 58.9 Å². The van der Waals surface area contributed by atoms with Crippen LogP contribution in [0.3, 0.4) is 0 Å². The van der Waals surface area contributed by atoms with Crippen LogP contribution in [0.25, 0.3) is 11.1 Å². The highest BCUT2D eigenvalue weighted by molar-refractivity contribution is 5.91. The maximum atomic E-state index is 13.7.